The van der Waals surface area contributed by atoms with Gasteiger partial charge in [-0.2, -0.15) is 4.72 Å². The summed E-state index contributed by atoms with van der Waals surface area (Å²) in [5.74, 6) is -0.614. The molecule has 0 bridgehead atoms. The van der Waals surface area contributed by atoms with Crippen LogP contribution in [-0.2, 0) is 14.8 Å². The maximum absolute atomic E-state index is 13.9. The molecule has 150 valence electrons. The van der Waals surface area contributed by atoms with Crippen molar-refractivity contribution in [2.45, 2.75) is 17.9 Å². The quantitative estimate of drug-likeness (QED) is 0.799. The topological polar surface area (TPSA) is 69.7 Å². The first-order valence-corrected chi connectivity index (χ1v) is 10.7. The molecule has 0 aliphatic carbocycles. The number of anilines is 1. The van der Waals surface area contributed by atoms with Crippen LogP contribution in [0.15, 0.2) is 53.4 Å². The highest BCUT2D eigenvalue weighted by Gasteiger charge is 2.28. The lowest BCUT2D eigenvalue weighted by Crippen LogP contribution is -2.54. The summed E-state index contributed by atoms with van der Waals surface area (Å²) in [5.41, 5.74) is 0.506. The molecule has 1 heterocycles. The molecule has 1 fully saturated rings. The predicted octanol–water partition coefficient (Wildman–Crippen LogP) is 2.49. The Kier molecular flexibility index (Phi) is 6.22. The monoisotopic (exact) mass is 425 g/mol. The van der Waals surface area contributed by atoms with Gasteiger partial charge in [0.25, 0.3) is 0 Å². The van der Waals surface area contributed by atoms with Crippen molar-refractivity contribution < 1.29 is 17.6 Å². The SMILES string of the molecule is CC(NS(=O)(=O)c1ccc(Cl)cc1)C(=O)N1CCN(c2ccccc2F)CC1. The van der Waals surface area contributed by atoms with Crippen LogP contribution in [0.25, 0.3) is 0 Å². The molecule has 1 aliphatic heterocycles. The third kappa shape index (κ3) is 4.63. The lowest BCUT2D eigenvalue weighted by molar-refractivity contribution is -0.132. The summed E-state index contributed by atoms with van der Waals surface area (Å²) < 4.78 is 41.2. The molecule has 2 aromatic rings. The summed E-state index contributed by atoms with van der Waals surface area (Å²) in [5, 5.41) is 0.427. The summed E-state index contributed by atoms with van der Waals surface area (Å²) in [6.45, 7) is 3.24. The molecule has 6 nitrogen and oxygen atoms in total. The fourth-order valence-corrected chi connectivity index (χ4v) is 4.44. The molecule has 9 heteroatoms. The van der Waals surface area contributed by atoms with E-state index in [4.69, 9.17) is 11.6 Å². The summed E-state index contributed by atoms with van der Waals surface area (Å²) in [4.78, 5) is 16.2. The molecule has 0 radical (unpaired) electrons. The predicted molar refractivity (Wildman–Crippen MR) is 106 cm³/mol. The molecule has 28 heavy (non-hydrogen) atoms. The molecule has 1 amide bonds. The first-order valence-electron chi connectivity index (χ1n) is 8.84. The van der Waals surface area contributed by atoms with Crippen LogP contribution < -0.4 is 9.62 Å². The minimum atomic E-state index is -3.84. The minimum absolute atomic E-state index is 0.0425. The van der Waals surface area contributed by atoms with Crippen LogP contribution in [0.3, 0.4) is 0 Å². The normalized spacial score (nSPS) is 16.1. The van der Waals surface area contributed by atoms with Crippen LogP contribution in [0, 0.1) is 5.82 Å². The molecule has 1 unspecified atom stereocenters. The van der Waals surface area contributed by atoms with E-state index in [-0.39, 0.29) is 16.6 Å². The number of benzene rings is 2. The molecule has 1 saturated heterocycles. The highest BCUT2D eigenvalue weighted by Crippen LogP contribution is 2.20. The number of piperazine rings is 1. The Bertz CT molecular complexity index is 945. The largest absolute Gasteiger partial charge is 0.366 e. The lowest BCUT2D eigenvalue weighted by Gasteiger charge is -2.37. The van der Waals surface area contributed by atoms with Gasteiger partial charge in [0.1, 0.15) is 5.82 Å². The lowest BCUT2D eigenvalue weighted by atomic mass is 10.2. The number of amides is 1. The van der Waals surface area contributed by atoms with Crippen molar-refractivity contribution in [1.29, 1.82) is 0 Å². The van der Waals surface area contributed by atoms with Crippen molar-refractivity contribution in [3.05, 3.63) is 59.4 Å². The minimum Gasteiger partial charge on any atom is -0.366 e. The number of rotatable bonds is 5. The van der Waals surface area contributed by atoms with Gasteiger partial charge in [-0.3, -0.25) is 4.79 Å². The van der Waals surface area contributed by atoms with Crippen LogP contribution in [0.1, 0.15) is 6.92 Å². The van der Waals surface area contributed by atoms with E-state index in [1.54, 1.807) is 23.1 Å². The van der Waals surface area contributed by atoms with Crippen molar-refractivity contribution in [2.24, 2.45) is 0 Å². The van der Waals surface area contributed by atoms with Gasteiger partial charge in [0, 0.05) is 31.2 Å². The van der Waals surface area contributed by atoms with E-state index in [1.165, 1.54) is 37.3 Å². The average molecular weight is 426 g/mol. The maximum atomic E-state index is 13.9. The zero-order chi connectivity index (χ0) is 20.3. The van der Waals surface area contributed by atoms with E-state index in [2.05, 4.69) is 4.72 Å². The molecule has 0 spiro atoms. The zero-order valence-corrected chi connectivity index (χ0v) is 16.9. The van der Waals surface area contributed by atoms with Crippen LogP contribution in [0.2, 0.25) is 5.02 Å². The third-order valence-electron chi connectivity index (χ3n) is 4.61. The van der Waals surface area contributed by atoms with E-state index in [0.717, 1.165) is 0 Å². The van der Waals surface area contributed by atoms with Crippen LogP contribution in [0.5, 0.6) is 0 Å². The van der Waals surface area contributed by atoms with E-state index in [1.807, 2.05) is 4.90 Å². The van der Waals surface area contributed by atoms with Gasteiger partial charge in [-0.15, -0.1) is 0 Å². The Hall–Kier alpha value is -2.16. The van der Waals surface area contributed by atoms with Gasteiger partial charge in [-0.05, 0) is 43.3 Å². The second-order valence-electron chi connectivity index (χ2n) is 6.56. The van der Waals surface area contributed by atoms with Crippen molar-refractivity contribution >= 4 is 33.2 Å². The molecule has 1 N–H and O–H groups in total. The molecule has 2 aromatic carbocycles. The average Bonchev–Trinajstić information content (AvgIpc) is 2.68. The summed E-state index contributed by atoms with van der Waals surface area (Å²) in [6.07, 6.45) is 0. The van der Waals surface area contributed by atoms with Crippen molar-refractivity contribution in [1.82, 2.24) is 9.62 Å². The smallest absolute Gasteiger partial charge is 0.241 e. The zero-order valence-electron chi connectivity index (χ0n) is 15.3. The van der Waals surface area contributed by atoms with Gasteiger partial charge >= 0.3 is 0 Å². The van der Waals surface area contributed by atoms with E-state index in [9.17, 15) is 17.6 Å². The molecule has 1 aliphatic rings. The maximum Gasteiger partial charge on any atom is 0.241 e. The number of halogens is 2. The molecule has 0 saturated carbocycles. The van der Waals surface area contributed by atoms with Gasteiger partial charge in [0.05, 0.1) is 16.6 Å². The van der Waals surface area contributed by atoms with Gasteiger partial charge in [0.15, 0.2) is 0 Å². The van der Waals surface area contributed by atoms with Crippen molar-refractivity contribution in [2.75, 3.05) is 31.1 Å². The summed E-state index contributed by atoms with van der Waals surface area (Å²) in [7, 11) is -3.84. The van der Waals surface area contributed by atoms with Gasteiger partial charge in [0.2, 0.25) is 15.9 Å². The number of para-hydroxylation sites is 1. The number of carbonyl (C=O) groups excluding carboxylic acids is 1. The van der Waals surface area contributed by atoms with Gasteiger partial charge in [-0.1, -0.05) is 23.7 Å². The number of hydrogen-bond acceptors (Lipinski definition) is 4. The third-order valence-corrected chi connectivity index (χ3v) is 6.42. The number of carbonyl (C=O) groups is 1. The Balaban J connectivity index is 1.60. The molecular weight excluding hydrogens is 405 g/mol. The number of sulfonamides is 1. The van der Waals surface area contributed by atoms with E-state index < -0.39 is 16.1 Å². The second kappa shape index (κ2) is 8.46. The standard InChI is InChI=1S/C19H21ClFN3O3S/c1-14(22-28(26,27)16-8-6-15(20)7-9-16)19(25)24-12-10-23(11-13-24)18-5-3-2-4-17(18)21/h2-9,14,22H,10-13H2,1H3. The highest BCUT2D eigenvalue weighted by atomic mass is 35.5. The molecular formula is C19H21ClFN3O3S. The first-order chi connectivity index (χ1) is 13.3. The Morgan fingerprint density at radius 3 is 2.29 bits per heavy atom. The van der Waals surface area contributed by atoms with Crippen LogP contribution in [-0.4, -0.2) is 51.4 Å². The first kappa shape index (κ1) is 20.6. The van der Waals surface area contributed by atoms with E-state index >= 15 is 0 Å². The highest BCUT2D eigenvalue weighted by molar-refractivity contribution is 7.89. The van der Waals surface area contributed by atoms with Gasteiger partial charge in [-0.25, -0.2) is 12.8 Å². The summed E-state index contributed by atoms with van der Waals surface area (Å²) >= 11 is 5.78. The Morgan fingerprint density at radius 1 is 1.07 bits per heavy atom. The second-order valence-corrected chi connectivity index (χ2v) is 8.71. The van der Waals surface area contributed by atoms with Gasteiger partial charge < -0.3 is 9.80 Å². The Morgan fingerprint density at radius 2 is 1.68 bits per heavy atom. The van der Waals surface area contributed by atoms with Crippen molar-refractivity contribution in [3.63, 3.8) is 0 Å². The summed E-state index contributed by atoms with van der Waals surface area (Å²) in [6, 6.07) is 11.3. The van der Waals surface area contributed by atoms with Crippen LogP contribution >= 0.6 is 11.6 Å². The number of hydrogen-bond donors (Lipinski definition) is 1. The fourth-order valence-electron chi connectivity index (χ4n) is 3.11. The number of nitrogens with zero attached hydrogens (tertiary/aromatic N) is 2. The molecule has 0 aromatic heterocycles. The van der Waals surface area contributed by atoms with Crippen molar-refractivity contribution in [3.8, 4) is 0 Å². The molecule has 1 atom stereocenters. The van der Waals surface area contributed by atoms with E-state index in [0.29, 0.717) is 36.9 Å². The number of nitrogens with one attached hydrogen (secondary N) is 1. The Labute approximate surface area is 168 Å². The fraction of sp³-hybridized carbons (Fsp3) is 0.316. The van der Waals surface area contributed by atoms with Crippen LogP contribution in [0.4, 0.5) is 10.1 Å². The molecule has 3 rings (SSSR count).